The van der Waals surface area contributed by atoms with E-state index in [0.29, 0.717) is 12.0 Å². The van der Waals surface area contributed by atoms with E-state index in [1.807, 2.05) is 6.07 Å². The molecule has 0 amide bonds. The molecule has 1 aromatic carbocycles. The van der Waals surface area contributed by atoms with Crippen molar-refractivity contribution in [2.75, 3.05) is 19.6 Å². The minimum Gasteiger partial charge on any atom is -0.389 e. The van der Waals surface area contributed by atoms with E-state index in [9.17, 15) is 9.50 Å². The fraction of sp³-hybridized carbons (Fsp3) is 0.600. The molecule has 0 aliphatic carbocycles. The average Bonchev–Trinajstić information content (AvgIpc) is 2.55. The molecule has 0 spiro atoms. The number of hydrogen-bond acceptors (Lipinski definition) is 2. The highest BCUT2D eigenvalue weighted by Gasteiger charge is 2.30. The van der Waals surface area contributed by atoms with Crippen molar-refractivity contribution in [3.05, 3.63) is 34.1 Å². The van der Waals surface area contributed by atoms with E-state index in [0.717, 1.165) is 43.4 Å². The van der Waals surface area contributed by atoms with Gasteiger partial charge in [-0.25, -0.2) is 4.39 Å². The molecule has 0 saturated carbocycles. The Kier molecular flexibility index (Phi) is 4.98. The quantitative estimate of drug-likeness (QED) is 0.919. The minimum absolute atomic E-state index is 0.237. The Balaban J connectivity index is 2.08. The van der Waals surface area contributed by atoms with Gasteiger partial charge in [0.1, 0.15) is 5.82 Å². The van der Waals surface area contributed by atoms with Gasteiger partial charge in [-0.05, 0) is 50.0 Å². The summed E-state index contributed by atoms with van der Waals surface area (Å²) in [4.78, 5) is 2.34. The van der Waals surface area contributed by atoms with E-state index in [-0.39, 0.29) is 5.82 Å². The summed E-state index contributed by atoms with van der Waals surface area (Å²) in [7, 11) is 0. The van der Waals surface area contributed by atoms with Crippen LogP contribution < -0.4 is 0 Å². The zero-order valence-corrected chi connectivity index (χ0v) is 12.9. The summed E-state index contributed by atoms with van der Waals surface area (Å²) >= 11 is 3.26. The average molecular weight is 330 g/mol. The van der Waals surface area contributed by atoms with Crippen molar-refractivity contribution < 1.29 is 9.50 Å². The number of rotatable bonds is 3. The van der Waals surface area contributed by atoms with E-state index in [1.165, 1.54) is 6.07 Å². The normalized spacial score (nSPS) is 25.3. The van der Waals surface area contributed by atoms with Gasteiger partial charge in [0, 0.05) is 17.4 Å². The van der Waals surface area contributed by atoms with Gasteiger partial charge >= 0.3 is 0 Å². The number of aliphatic hydroxyl groups is 1. The summed E-state index contributed by atoms with van der Waals surface area (Å²) < 4.78 is 14.6. The van der Waals surface area contributed by atoms with Gasteiger partial charge in [-0.15, -0.1) is 0 Å². The van der Waals surface area contributed by atoms with Crippen molar-refractivity contribution in [2.45, 2.75) is 38.2 Å². The van der Waals surface area contributed by atoms with Crippen molar-refractivity contribution in [2.24, 2.45) is 0 Å². The second kappa shape index (κ2) is 6.33. The topological polar surface area (TPSA) is 23.5 Å². The van der Waals surface area contributed by atoms with Gasteiger partial charge < -0.3 is 10.0 Å². The Morgan fingerprint density at radius 1 is 1.37 bits per heavy atom. The van der Waals surface area contributed by atoms with Crippen LogP contribution in [0.3, 0.4) is 0 Å². The molecule has 1 heterocycles. The van der Waals surface area contributed by atoms with Gasteiger partial charge in [-0.3, -0.25) is 0 Å². The van der Waals surface area contributed by atoms with Crippen molar-refractivity contribution in [1.82, 2.24) is 4.90 Å². The van der Waals surface area contributed by atoms with Gasteiger partial charge in [0.2, 0.25) is 0 Å². The third-order valence-electron chi connectivity index (χ3n) is 3.99. The maximum absolute atomic E-state index is 13.9. The Bertz CT molecular complexity index is 440. The lowest BCUT2D eigenvalue weighted by molar-refractivity contribution is 0.0250. The molecule has 0 bridgehead atoms. The smallest absolute Gasteiger partial charge is 0.127 e. The van der Waals surface area contributed by atoms with Gasteiger partial charge in [0.25, 0.3) is 0 Å². The summed E-state index contributed by atoms with van der Waals surface area (Å²) in [6.07, 6.45) is 2.85. The lowest BCUT2D eigenvalue weighted by Crippen LogP contribution is -2.33. The third-order valence-corrected chi connectivity index (χ3v) is 4.48. The highest BCUT2D eigenvalue weighted by molar-refractivity contribution is 9.10. The second-order valence-electron chi connectivity index (χ2n) is 5.42. The summed E-state index contributed by atoms with van der Waals surface area (Å²) in [5, 5.41) is 10.7. The van der Waals surface area contributed by atoms with Crippen LogP contribution >= 0.6 is 15.9 Å². The molecular weight excluding hydrogens is 309 g/mol. The van der Waals surface area contributed by atoms with Gasteiger partial charge in [-0.2, -0.15) is 0 Å². The monoisotopic (exact) mass is 329 g/mol. The van der Waals surface area contributed by atoms with E-state index >= 15 is 0 Å². The summed E-state index contributed by atoms with van der Waals surface area (Å²) in [5.41, 5.74) is -0.158. The highest BCUT2D eigenvalue weighted by atomic mass is 79.9. The molecule has 1 aliphatic heterocycles. The number of hydrogen-bond donors (Lipinski definition) is 1. The van der Waals surface area contributed by atoms with E-state index in [4.69, 9.17) is 0 Å². The van der Waals surface area contributed by atoms with Gasteiger partial charge in [0.05, 0.1) is 5.60 Å². The molecular formula is C15H21BrFNO. The van der Waals surface area contributed by atoms with Gasteiger partial charge in [-0.1, -0.05) is 28.9 Å². The van der Waals surface area contributed by atoms with Crippen LogP contribution in [0.15, 0.2) is 22.7 Å². The van der Waals surface area contributed by atoms with Crippen molar-refractivity contribution in [1.29, 1.82) is 0 Å². The van der Waals surface area contributed by atoms with Crippen LogP contribution in [0.2, 0.25) is 0 Å². The van der Waals surface area contributed by atoms with Crippen molar-refractivity contribution in [3.63, 3.8) is 0 Å². The van der Waals surface area contributed by atoms with Crippen LogP contribution in [-0.2, 0) is 6.42 Å². The maximum atomic E-state index is 13.9. The largest absolute Gasteiger partial charge is 0.389 e. The van der Waals surface area contributed by atoms with E-state index in [1.54, 1.807) is 6.07 Å². The highest BCUT2D eigenvalue weighted by Crippen LogP contribution is 2.28. The number of benzene rings is 1. The standard InChI is InChI=1S/C15H21BrFNO/c1-2-18-8-3-6-15(19,7-9-18)11-12-4-5-13(16)10-14(12)17/h4-5,10,19H,2-3,6-9,11H2,1H3. The lowest BCUT2D eigenvalue weighted by Gasteiger charge is -2.27. The first-order valence-corrected chi connectivity index (χ1v) is 7.70. The van der Waals surface area contributed by atoms with Crippen molar-refractivity contribution in [3.8, 4) is 0 Å². The molecule has 1 saturated heterocycles. The Morgan fingerprint density at radius 3 is 2.84 bits per heavy atom. The molecule has 1 aliphatic rings. The van der Waals surface area contributed by atoms with Crippen molar-refractivity contribution >= 4 is 15.9 Å². The minimum atomic E-state index is -0.765. The first-order valence-electron chi connectivity index (χ1n) is 6.91. The zero-order valence-electron chi connectivity index (χ0n) is 11.3. The Morgan fingerprint density at radius 2 is 2.16 bits per heavy atom. The van der Waals surface area contributed by atoms with Crippen LogP contribution in [0.4, 0.5) is 4.39 Å². The number of nitrogens with zero attached hydrogens (tertiary/aromatic N) is 1. The fourth-order valence-corrected chi connectivity index (χ4v) is 3.08. The van der Waals surface area contributed by atoms with Gasteiger partial charge in [0.15, 0.2) is 0 Å². The van der Waals surface area contributed by atoms with Crippen LogP contribution in [0.25, 0.3) is 0 Å². The summed E-state index contributed by atoms with van der Waals surface area (Å²) in [6.45, 7) is 5.08. The molecule has 0 radical (unpaired) electrons. The van der Waals surface area contributed by atoms with E-state index < -0.39 is 5.60 Å². The number of halogens is 2. The van der Waals surface area contributed by atoms with Crippen LogP contribution in [-0.4, -0.2) is 35.2 Å². The van der Waals surface area contributed by atoms with Crippen LogP contribution in [0.5, 0.6) is 0 Å². The SMILES string of the molecule is CCN1CCCC(O)(Cc2ccc(Br)cc2F)CC1. The Labute approximate surface area is 122 Å². The Hall–Kier alpha value is -0.450. The molecule has 2 nitrogen and oxygen atoms in total. The zero-order chi connectivity index (χ0) is 13.9. The molecule has 19 heavy (non-hydrogen) atoms. The molecule has 0 aromatic heterocycles. The molecule has 1 atom stereocenters. The first kappa shape index (κ1) is 14.9. The molecule has 1 fully saturated rings. The summed E-state index contributed by atoms with van der Waals surface area (Å²) in [5.74, 6) is -0.237. The molecule has 1 N–H and O–H groups in total. The predicted octanol–water partition coefficient (Wildman–Crippen LogP) is 3.37. The lowest BCUT2D eigenvalue weighted by atomic mass is 9.87. The molecule has 1 aromatic rings. The maximum Gasteiger partial charge on any atom is 0.127 e. The molecule has 1 unspecified atom stereocenters. The van der Waals surface area contributed by atoms with E-state index in [2.05, 4.69) is 27.8 Å². The van der Waals surface area contributed by atoms with Crippen LogP contribution in [0.1, 0.15) is 31.7 Å². The van der Waals surface area contributed by atoms with Crippen LogP contribution in [0, 0.1) is 5.82 Å². The second-order valence-corrected chi connectivity index (χ2v) is 6.34. The molecule has 106 valence electrons. The number of likely N-dealkylation sites (tertiary alicyclic amines) is 1. The summed E-state index contributed by atoms with van der Waals surface area (Å²) in [6, 6.07) is 5.06. The first-order chi connectivity index (χ1) is 9.02. The predicted molar refractivity (Wildman–Crippen MR) is 78.7 cm³/mol. The third kappa shape index (κ3) is 4.01. The fourth-order valence-electron chi connectivity index (χ4n) is 2.75. The molecule has 4 heteroatoms. The molecule has 2 rings (SSSR count).